The highest BCUT2D eigenvalue weighted by Gasteiger charge is 2.37. The first-order valence-electron chi connectivity index (χ1n) is 10.7. The van der Waals surface area contributed by atoms with E-state index in [4.69, 9.17) is 0 Å². The van der Waals surface area contributed by atoms with E-state index in [-0.39, 0.29) is 11.7 Å². The van der Waals surface area contributed by atoms with Crippen LogP contribution < -0.4 is 10.2 Å². The van der Waals surface area contributed by atoms with Gasteiger partial charge in [-0.3, -0.25) is 10.1 Å². The van der Waals surface area contributed by atoms with Crippen LogP contribution in [0, 0.1) is 10.1 Å². The molecule has 10 heteroatoms. The lowest BCUT2D eigenvalue weighted by Gasteiger charge is -2.35. The van der Waals surface area contributed by atoms with Gasteiger partial charge in [-0.1, -0.05) is 18.2 Å². The Morgan fingerprint density at radius 2 is 1.94 bits per heavy atom. The van der Waals surface area contributed by atoms with Gasteiger partial charge in [-0.2, -0.15) is 13.2 Å². The number of rotatable bonds is 7. The molecule has 3 aromatic rings. The molecule has 0 aliphatic carbocycles. The molecule has 1 aliphatic rings. The molecule has 6 nitrogen and oxygen atoms in total. The summed E-state index contributed by atoms with van der Waals surface area (Å²) in [5.41, 5.74) is -0.648. The van der Waals surface area contributed by atoms with Crippen molar-refractivity contribution in [2.45, 2.75) is 37.6 Å². The van der Waals surface area contributed by atoms with E-state index in [1.54, 1.807) is 16.2 Å². The number of alkyl halides is 3. The predicted molar refractivity (Wildman–Crippen MR) is 123 cm³/mol. The normalized spacial score (nSPS) is 16.3. The van der Waals surface area contributed by atoms with Crippen LogP contribution in [0.1, 0.15) is 36.5 Å². The first-order chi connectivity index (χ1) is 15.7. The molecule has 176 valence electrons. The van der Waals surface area contributed by atoms with Gasteiger partial charge in [0.1, 0.15) is 0 Å². The van der Waals surface area contributed by atoms with Gasteiger partial charge in [0.15, 0.2) is 0 Å². The van der Waals surface area contributed by atoms with Gasteiger partial charge in [-0.25, -0.2) is 0 Å². The molecule has 1 aromatic heterocycles. The molecule has 1 fully saturated rings. The molecule has 1 saturated heterocycles. The summed E-state index contributed by atoms with van der Waals surface area (Å²) in [5, 5.41) is 28.0. The zero-order valence-electron chi connectivity index (χ0n) is 17.7. The van der Waals surface area contributed by atoms with Crippen molar-refractivity contribution in [1.29, 1.82) is 0 Å². The third kappa shape index (κ3) is 5.29. The van der Waals surface area contributed by atoms with Crippen molar-refractivity contribution in [3.63, 3.8) is 0 Å². The molecule has 0 amide bonds. The molecule has 2 heterocycles. The van der Waals surface area contributed by atoms with Crippen LogP contribution in [0.4, 0.5) is 24.5 Å². The Bertz CT molecular complexity index is 1130. The van der Waals surface area contributed by atoms with Crippen molar-refractivity contribution in [3.8, 4) is 0 Å². The highest BCUT2D eigenvalue weighted by molar-refractivity contribution is 7.17. The zero-order valence-corrected chi connectivity index (χ0v) is 18.5. The first-order valence-corrected chi connectivity index (χ1v) is 11.6. The fraction of sp³-hybridized carbons (Fsp3) is 0.391. The number of thiophene rings is 1. The highest BCUT2D eigenvalue weighted by atomic mass is 32.1. The molecule has 0 spiro atoms. The number of benzene rings is 2. The number of hydrogen-bond donors (Lipinski definition) is 2. The monoisotopic (exact) mass is 479 g/mol. The van der Waals surface area contributed by atoms with Crippen molar-refractivity contribution >= 4 is 32.8 Å². The topological polar surface area (TPSA) is 78.6 Å². The number of fused-ring (bicyclic) bond motifs is 1. The Balaban J connectivity index is 1.32. The van der Waals surface area contributed by atoms with Gasteiger partial charge in [0, 0.05) is 41.7 Å². The summed E-state index contributed by atoms with van der Waals surface area (Å²) >= 11 is 1.60. The summed E-state index contributed by atoms with van der Waals surface area (Å²) < 4.78 is 41.6. The van der Waals surface area contributed by atoms with E-state index in [1.165, 1.54) is 6.07 Å². The van der Waals surface area contributed by atoms with Crippen LogP contribution in [0.25, 0.3) is 10.1 Å². The van der Waals surface area contributed by atoms with Crippen molar-refractivity contribution < 1.29 is 23.2 Å². The lowest BCUT2D eigenvalue weighted by molar-refractivity contribution is -0.385. The average Bonchev–Trinajstić information content (AvgIpc) is 3.23. The summed E-state index contributed by atoms with van der Waals surface area (Å²) in [7, 11) is 0. The van der Waals surface area contributed by atoms with E-state index in [0.29, 0.717) is 45.0 Å². The van der Waals surface area contributed by atoms with Crippen LogP contribution in [0.15, 0.2) is 47.8 Å². The maximum atomic E-state index is 13.5. The number of piperidine rings is 1. The highest BCUT2D eigenvalue weighted by Crippen LogP contribution is 2.39. The lowest BCUT2D eigenvalue weighted by atomic mass is 10.0. The van der Waals surface area contributed by atoms with E-state index in [2.05, 4.69) is 5.32 Å². The van der Waals surface area contributed by atoms with Crippen LogP contribution in [-0.2, 0) is 6.18 Å². The molecule has 33 heavy (non-hydrogen) atoms. The molecular weight excluding hydrogens is 455 g/mol. The number of nitrogens with one attached hydrogen (secondary N) is 1. The number of aliphatic hydroxyl groups excluding tert-OH is 1. The van der Waals surface area contributed by atoms with Gasteiger partial charge >= 0.3 is 6.18 Å². The first kappa shape index (κ1) is 23.5. The van der Waals surface area contributed by atoms with Crippen molar-refractivity contribution in [3.05, 3.63) is 69.1 Å². The summed E-state index contributed by atoms with van der Waals surface area (Å²) in [5.74, 6) is 0. The van der Waals surface area contributed by atoms with Crippen LogP contribution in [0.3, 0.4) is 0 Å². The second-order valence-electron chi connectivity index (χ2n) is 8.16. The molecule has 2 N–H and O–H groups in total. The van der Waals surface area contributed by atoms with Crippen LogP contribution >= 0.6 is 11.3 Å². The molecule has 4 rings (SSSR count). The van der Waals surface area contributed by atoms with Gasteiger partial charge in [-0.15, -0.1) is 11.3 Å². The Labute approximate surface area is 192 Å². The molecule has 1 unspecified atom stereocenters. The number of halogens is 3. The maximum Gasteiger partial charge on any atom is 0.418 e. The van der Waals surface area contributed by atoms with Crippen LogP contribution in [0.2, 0.25) is 0 Å². The Hall–Kier alpha value is -2.69. The van der Waals surface area contributed by atoms with Gasteiger partial charge in [-0.05, 0) is 54.3 Å². The van der Waals surface area contributed by atoms with E-state index < -0.39 is 28.5 Å². The van der Waals surface area contributed by atoms with E-state index in [9.17, 15) is 28.4 Å². The maximum absolute atomic E-state index is 13.5. The fourth-order valence-electron chi connectivity index (χ4n) is 4.30. The largest absolute Gasteiger partial charge is 0.418 e. The van der Waals surface area contributed by atoms with E-state index in [0.717, 1.165) is 21.7 Å². The van der Waals surface area contributed by atoms with Crippen LogP contribution in [-0.4, -0.2) is 35.7 Å². The van der Waals surface area contributed by atoms with Crippen molar-refractivity contribution in [1.82, 2.24) is 5.32 Å². The minimum atomic E-state index is -4.67. The van der Waals surface area contributed by atoms with Gasteiger partial charge in [0.2, 0.25) is 0 Å². The summed E-state index contributed by atoms with van der Waals surface area (Å²) in [6.07, 6.45) is -3.42. The SMILES string of the molecule is O=[N+]([O-])c1ccc(N2CCC(NCCC(O)c3csc4ccccc34)CC2)c(C(F)(F)F)c1. The number of anilines is 1. The van der Waals surface area contributed by atoms with E-state index >= 15 is 0 Å². The van der Waals surface area contributed by atoms with E-state index in [1.807, 2.05) is 29.6 Å². The number of aliphatic hydroxyl groups is 1. The number of nitro groups is 1. The third-order valence-corrected chi connectivity index (χ3v) is 7.03. The summed E-state index contributed by atoms with van der Waals surface area (Å²) in [4.78, 5) is 11.7. The molecule has 1 atom stereocenters. The Morgan fingerprint density at radius 3 is 2.64 bits per heavy atom. The quantitative estimate of drug-likeness (QED) is 0.345. The minimum absolute atomic E-state index is 0.0219. The molecule has 2 aromatic carbocycles. The Morgan fingerprint density at radius 1 is 1.21 bits per heavy atom. The average molecular weight is 480 g/mol. The molecule has 1 aliphatic heterocycles. The van der Waals surface area contributed by atoms with Gasteiger partial charge in [0.05, 0.1) is 16.6 Å². The zero-order chi connectivity index (χ0) is 23.6. The smallest absolute Gasteiger partial charge is 0.388 e. The standard InChI is InChI=1S/C23H24F3N3O3S/c24-23(25,26)19-13-16(29(31)32)5-6-20(19)28-11-8-15(9-12-28)27-10-7-21(30)18-14-33-22-4-2-1-3-17(18)22/h1-6,13-15,21,27,30H,7-12H2. The molecule has 0 bridgehead atoms. The van der Waals surface area contributed by atoms with Crippen LogP contribution in [0.5, 0.6) is 0 Å². The second kappa shape index (κ2) is 9.66. The molecule has 0 radical (unpaired) electrons. The number of nitrogens with zero attached hydrogens (tertiary/aromatic N) is 2. The number of non-ortho nitro benzene ring substituents is 1. The lowest BCUT2D eigenvalue weighted by Crippen LogP contribution is -2.43. The number of nitro benzene ring substituents is 1. The Kier molecular flexibility index (Phi) is 6.87. The predicted octanol–water partition coefficient (Wildman–Crippen LogP) is 5.51. The second-order valence-corrected chi connectivity index (χ2v) is 9.07. The fourth-order valence-corrected chi connectivity index (χ4v) is 5.31. The molecular formula is C23H24F3N3O3S. The van der Waals surface area contributed by atoms with Crippen molar-refractivity contribution in [2.24, 2.45) is 0 Å². The summed E-state index contributed by atoms with van der Waals surface area (Å²) in [6, 6.07) is 11.0. The minimum Gasteiger partial charge on any atom is -0.388 e. The summed E-state index contributed by atoms with van der Waals surface area (Å²) in [6.45, 7) is 1.42. The van der Waals surface area contributed by atoms with Crippen molar-refractivity contribution in [2.75, 3.05) is 24.5 Å². The third-order valence-electron chi connectivity index (χ3n) is 6.05. The number of hydrogen-bond acceptors (Lipinski definition) is 6. The van der Waals surface area contributed by atoms with Gasteiger partial charge < -0.3 is 15.3 Å². The molecule has 0 saturated carbocycles. The van der Waals surface area contributed by atoms with Gasteiger partial charge in [0.25, 0.3) is 5.69 Å².